The van der Waals surface area contributed by atoms with E-state index in [1.165, 1.54) is 12.1 Å². The topological polar surface area (TPSA) is 114 Å². The van der Waals surface area contributed by atoms with Gasteiger partial charge in [-0.2, -0.15) is 10.2 Å². The fourth-order valence-corrected chi connectivity index (χ4v) is 3.97. The number of phenolic OH excluding ortho intramolecular Hbond substituents is 1. The van der Waals surface area contributed by atoms with Gasteiger partial charge in [-0.25, -0.2) is 13.6 Å². The predicted molar refractivity (Wildman–Crippen MR) is 110 cm³/mol. The summed E-state index contributed by atoms with van der Waals surface area (Å²) in [5.74, 6) is 0.197. The lowest BCUT2D eigenvalue weighted by atomic mass is 9.98. The van der Waals surface area contributed by atoms with Gasteiger partial charge in [0.05, 0.1) is 28.5 Å². The van der Waals surface area contributed by atoms with Crippen LogP contribution < -0.4 is 10.1 Å². The number of rotatable bonds is 4. The van der Waals surface area contributed by atoms with Crippen molar-refractivity contribution in [3.05, 3.63) is 71.5 Å². The van der Waals surface area contributed by atoms with Gasteiger partial charge in [0.2, 0.25) is 10.0 Å². The molecule has 1 aliphatic heterocycles. The van der Waals surface area contributed by atoms with Crippen molar-refractivity contribution in [2.24, 2.45) is 17.3 Å². The van der Waals surface area contributed by atoms with E-state index in [9.17, 15) is 13.5 Å². The lowest BCUT2D eigenvalue weighted by molar-refractivity contribution is 0.475. The van der Waals surface area contributed by atoms with E-state index in [0.29, 0.717) is 6.42 Å². The Morgan fingerprint density at radius 3 is 2.31 bits per heavy atom. The average molecular weight is 411 g/mol. The Bertz CT molecular complexity index is 1180. The molecule has 3 aromatic rings. The molecule has 1 aliphatic rings. The summed E-state index contributed by atoms with van der Waals surface area (Å²) in [6.07, 6.45) is 2.48. The highest BCUT2D eigenvalue weighted by Crippen LogP contribution is 2.38. The van der Waals surface area contributed by atoms with Crippen molar-refractivity contribution in [3.63, 3.8) is 0 Å². The summed E-state index contributed by atoms with van der Waals surface area (Å²) >= 11 is 0. The third-order valence-corrected chi connectivity index (χ3v) is 6.10. The number of hydrogen-bond donors (Lipinski definition) is 2. The average Bonchev–Trinajstić information content (AvgIpc) is 3.26. The molecule has 8 nitrogen and oxygen atoms in total. The van der Waals surface area contributed by atoms with E-state index in [-0.39, 0.29) is 16.7 Å². The van der Waals surface area contributed by atoms with Crippen molar-refractivity contribution in [1.29, 1.82) is 0 Å². The number of hydrazone groups is 1. The van der Waals surface area contributed by atoms with Crippen LogP contribution in [0.1, 0.15) is 29.3 Å². The summed E-state index contributed by atoms with van der Waals surface area (Å²) in [5, 5.41) is 25.8. The van der Waals surface area contributed by atoms with Crippen LogP contribution >= 0.6 is 0 Å². The largest absolute Gasteiger partial charge is 0.508 e. The standard InChI is InChI=1S/C20H21N5O3S/c1-13-18(12-22-24(13)2)20-11-19(14-3-7-16(26)8-4-14)23-25(20)15-5-9-17(10-6-15)29(21,27)28/h3-10,12,20,26H,11H2,1-2H3,(H2,21,27,28)/t20-/m0/s1. The van der Waals surface area contributed by atoms with Crippen molar-refractivity contribution >= 4 is 21.4 Å². The third kappa shape index (κ3) is 3.62. The highest BCUT2D eigenvalue weighted by molar-refractivity contribution is 7.89. The van der Waals surface area contributed by atoms with Gasteiger partial charge in [0.1, 0.15) is 5.75 Å². The molecular weight excluding hydrogens is 390 g/mol. The molecular formula is C20H21N5O3S. The molecule has 0 unspecified atom stereocenters. The number of aryl methyl sites for hydroxylation is 1. The molecule has 0 saturated heterocycles. The number of nitrogens with two attached hydrogens (primary N) is 1. The quantitative estimate of drug-likeness (QED) is 0.684. The molecule has 0 radical (unpaired) electrons. The molecule has 0 saturated carbocycles. The van der Waals surface area contributed by atoms with E-state index in [0.717, 1.165) is 28.2 Å². The van der Waals surface area contributed by atoms with Crippen LogP contribution in [0.5, 0.6) is 5.75 Å². The maximum atomic E-state index is 11.6. The second kappa shape index (κ2) is 7.02. The molecule has 0 amide bonds. The van der Waals surface area contributed by atoms with E-state index < -0.39 is 10.0 Å². The van der Waals surface area contributed by atoms with Gasteiger partial charge < -0.3 is 5.11 Å². The van der Waals surface area contributed by atoms with Crippen LogP contribution in [0, 0.1) is 6.92 Å². The van der Waals surface area contributed by atoms with Gasteiger partial charge in [0, 0.05) is 24.7 Å². The Labute approximate surface area is 168 Å². The predicted octanol–water partition coefficient (Wildman–Crippen LogP) is 2.44. The molecule has 0 aliphatic carbocycles. The zero-order chi connectivity index (χ0) is 20.8. The molecule has 2 heterocycles. The molecule has 4 rings (SSSR count). The Hall–Kier alpha value is -3.17. The van der Waals surface area contributed by atoms with Crippen LogP contribution in [0.2, 0.25) is 0 Å². The van der Waals surface area contributed by atoms with Crippen LogP contribution in [-0.2, 0) is 17.1 Å². The van der Waals surface area contributed by atoms with Crippen LogP contribution in [0.25, 0.3) is 0 Å². The second-order valence-corrected chi connectivity index (χ2v) is 8.57. The molecule has 3 N–H and O–H groups in total. The summed E-state index contributed by atoms with van der Waals surface area (Å²) in [4.78, 5) is 0.0530. The highest BCUT2D eigenvalue weighted by Gasteiger charge is 2.32. The molecule has 1 aromatic heterocycles. The Kier molecular flexibility index (Phi) is 4.64. The van der Waals surface area contributed by atoms with E-state index in [1.54, 1.807) is 24.3 Å². The second-order valence-electron chi connectivity index (χ2n) is 7.01. The molecule has 9 heteroatoms. The Morgan fingerprint density at radius 1 is 1.10 bits per heavy atom. The first-order valence-corrected chi connectivity index (χ1v) is 10.6. The number of hydrogen-bond acceptors (Lipinski definition) is 6. The van der Waals surface area contributed by atoms with Gasteiger partial charge in [-0.15, -0.1) is 0 Å². The maximum absolute atomic E-state index is 11.6. The van der Waals surface area contributed by atoms with Gasteiger partial charge in [0.15, 0.2) is 0 Å². The Morgan fingerprint density at radius 2 is 1.76 bits per heavy atom. The van der Waals surface area contributed by atoms with E-state index >= 15 is 0 Å². The lowest BCUT2D eigenvalue weighted by Crippen LogP contribution is -2.19. The number of primary sulfonamides is 1. The van der Waals surface area contributed by atoms with Crippen LogP contribution in [0.4, 0.5) is 5.69 Å². The van der Waals surface area contributed by atoms with Crippen molar-refractivity contribution in [2.75, 3.05) is 5.01 Å². The number of phenols is 1. The summed E-state index contributed by atoms with van der Waals surface area (Å²) in [6.45, 7) is 2.00. The van der Waals surface area contributed by atoms with Gasteiger partial charge >= 0.3 is 0 Å². The number of aromatic hydroxyl groups is 1. The SMILES string of the molecule is Cc1c([C@@H]2CC(c3ccc(O)cc3)=NN2c2ccc(S(N)(=O)=O)cc2)cnn1C. The van der Waals surface area contributed by atoms with Crippen LogP contribution in [-0.4, -0.2) is 29.0 Å². The summed E-state index contributed by atoms with van der Waals surface area (Å²) in [7, 11) is -1.87. The molecule has 29 heavy (non-hydrogen) atoms. The number of benzene rings is 2. The lowest BCUT2D eigenvalue weighted by Gasteiger charge is -2.23. The molecule has 0 spiro atoms. The molecule has 0 bridgehead atoms. The first-order chi connectivity index (χ1) is 13.7. The van der Waals surface area contributed by atoms with Gasteiger partial charge in [-0.05, 0) is 61.0 Å². The van der Waals surface area contributed by atoms with Crippen molar-refractivity contribution in [2.45, 2.75) is 24.3 Å². The zero-order valence-corrected chi connectivity index (χ0v) is 16.8. The molecule has 0 fully saturated rings. The number of nitrogens with zero attached hydrogens (tertiary/aromatic N) is 4. The van der Waals surface area contributed by atoms with Gasteiger partial charge in [0.25, 0.3) is 0 Å². The fourth-order valence-electron chi connectivity index (χ4n) is 3.45. The minimum atomic E-state index is -3.76. The smallest absolute Gasteiger partial charge is 0.238 e. The number of aromatic nitrogens is 2. The molecule has 1 atom stereocenters. The first-order valence-electron chi connectivity index (χ1n) is 9.01. The van der Waals surface area contributed by atoms with Crippen molar-refractivity contribution in [1.82, 2.24) is 9.78 Å². The van der Waals surface area contributed by atoms with Gasteiger partial charge in [-0.3, -0.25) is 9.69 Å². The minimum Gasteiger partial charge on any atom is -0.508 e. The zero-order valence-electron chi connectivity index (χ0n) is 16.0. The normalized spacial score (nSPS) is 16.9. The third-order valence-electron chi connectivity index (χ3n) is 5.17. The minimum absolute atomic E-state index is 0.0530. The Balaban J connectivity index is 1.77. The van der Waals surface area contributed by atoms with Crippen LogP contribution in [0.15, 0.2) is 64.7 Å². The van der Waals surface area contributed by atoms with Crippen molar-refractivity contribution < 1.29 is 13.5 Å². The summed E-state index contributed by atoms with van der Waals surface area (Å²) in [5.41, 5.74) is 4.61. The first kappa shape index (κ1) is 19.2. The molecule has 150 valence electrons. The van der Waals surface area contributed by atoms with E-state index in [4.69, 9.17) is 10.2 Å². The molecule has 2 aromatic carbocycles. The monoisotopic (exact) mass is 411 g/mol. The van der Waals surface area contributed by atoms with E-state index in [2.05, 4.69) is 5.10 Å². The maximum Gasteiger partial charge on any atom is 0.238 e. The summed E-state index contributed by atoms with van der Waals surface area (Å²) < 4.78 is 25.0. The number of sulfonamides is 1. The highest BCUT2D eigenvalue weighted by atomic mass is 32.2. The van der Waals surface area contributed by atoms with Crippen LogP contribution in [0.3, 0.4) is 0 Å². The fraction of sp³-hybridized carbons (Fsp3) is 0.200. The van der Waals surface area contributed by atoms with E-state index in [1.807, 2.05) is 42.0 Å². The number of anilines is 1. The summed E-state index contributed by atoms with van der Waals surface area (Å²) in [6, 6.07) is 13.2. The van der Waals surface area contributed by atoms with Gasteiger partial charge in [-0.1, -0.05) is 0 Å². The van der Waals surface area contributed by atoms with Crippen molar-refractivity contribution in [3.8, 4) is 5.75 Å².